The second-order valence-electron chi connectivity index (χ2n) is 5.69. The Labute approximate surface area is 145 Å². The van der Waals surface area contributed by atoms with E-state index in [0.29, 0.717) is 17.6 Å². The molecule has 3 N–H and O–H groups in total. The van der Waals surface area contributed by atoms with Gasteiger partial charge >= 0.3 is 0 Å². The van der Waals surface area contributed by atoms with Crippen LogP contribution in [0.25, 0.3) is 10.9 Å². The van der Waals surface area contributed by atoms with Crippen LogP contribution < -0.4 is 11.1 Å². The molecule has 25 heavy (non-hydrogen) atoms. The van der Waals surface area contributed by atoms with Crippen molar-refractivity contribution in [2.75, 3.05) is 5.32 Å². The molecule has 0 spiro atoms. The van der Waals surface area contributed by atoms with Gasteiger partial charge < -0.3 is 11.1 Å². The highest BCUT2D eigenvalue weighted by Crippen LogP contribution is 2.18. The summed E-state index contributed by atoms with van der Waals surface area (Å²) in [5.41, 5.74) is 7.99. The van der Waals surface area contributed by atoms with Gasteiger partial charge in [0, 0.05) is 11.1 Å². The number of carbonyl (C=O) groups excluding carboxylic acids is 2. The molecule has 2 aromatic carbocycles. The summed E-state index contributed by atoms with van der Waals surface area (Å²) >= 11 is 0. The number of anilines is 1. The first-order valence-corrected chi connectivity index (χ1v) is 8.00. The number of nitrogens with zero attached hydrogens (tertiary/aromatic N) is 1. The molecular weight excluding hydrogens is 314 g/mol. The highest BCUT2D eigenvalue weighted by atomic mass is 16.2. The summed E-state index contributed by atoms with van der Waals surface area (Å²) in [5, 5.41) is 3.67. The number of nitrogens with two attached hydrogens (primary N) is 1. The van der Waals surface area contributed by atoms with Gasteiger partial charge in [-0.05, 0) is 42.7 Å². The van der Waals surface area contributed by atoms with Crippen LogP contribution in [0.4, 0.5) is 5.69 Å². The monoisotopic (exact) mass is 332 g/mol. The molecule has 5 heteroatoms. The molecule has 5 nitrogen and oxygen atoms in total. The molecule has 3 aromatic rings. The summed E-state index contributed by atoms with van der Waals surface area (Å²) in [4.78, 5) is 27.4. The predicted molar refractivity (Wildman–Crippen MR) is 98.0 cm³/mol. The number of hydrogen-bond acceptors (Lipinski definition) is 3. The number of amides is 2. The summed E-state index contributed by atoms with van der Waals surface area (Å²) in [6.45, 7) is 0. The molecule has 0 aliphatic heterocycles. The number of hydrogen-bond donors (Lipinski definition) is 2. The van der Waals surface area contributed by atoms with Crippen LogP contribution in [0.15, 0.2) is 60.7 Å². The van der Waals surface area contributed by atoms with Crippen molar-refractivity contribution in [3.05, 3.63) is 78.3 Å². The second-order valence-corrected chi connectivity index (χ2v) is 5.69. The van der Waals surface area contributed by atoms with Crippen molar-refractivity contribution < 1.29 is 9.59 Å². The van der Waals surface area contributed by atoms with Crippen LogP contribution in [0.5, 0.6) is 0 Å². The summed E-state index contributed by atoms with van der Waals surface area (Å²) in [7, 11) is 0. The summed E-state index contributed by atoms with van der Waals surface area (Å²) in [6.07, 6.45) is 3.14. The van der Waals surface area contributed by atoms with Gasteiger partial charge in [0.2, 0.25) is 5.91 Å². The van der Waals surface area contributed by atoms with Gasteiger partial charge in [-0.2, -0.15) is 0 Å². The van der Waals surface area contributed by atoms with E-state index in [9.17, 15) is 9.59 Å². The zero-order valence-corrected chi connectivity index (χ0v) is 13.6. The number of pyridine rings is 1. The van der Waals surface area contributed by atoms with Crippen molar-refractivity contribution >= 4 is 28.4 Å². The van der Waals surface area contributed by atoms with Crippen molar-refractivity contribution in [1.82, 2.24) is 4.98 Å². The molecule has 2 amide bonds. The Morgan fingerprint density at radius 2 is 1.84 bits per heavy atom. The highest BCUT2D eigenvalue weighted by Gasteiger charge is 2.07. The van der Waals surface area contributed by atoms with E-state index in [1.165, 1.54) is 5.56 Å². The minimum atomic E-state index is -0.563. The topological polar surface area (TPSA) is 85.1 Å². The summed E-state index contributed by atoms with van der Waals surface area (Å²) in [6, 6.07) is 18.7. The Bertz CT molecular complexity index is 907. The predicted octanol–water partition coefficient (Wildman–Crippen LogP) is 3.11. The molecule has 0 unspecified atom stereocenters. The smallest absolute Gasteiger partial charge is 0.267 e. The van der Waals surface area contributed by atoms with E-state index in [0.717, 1.165) is 11.8 Å². The van der Waals surface area contributed by atoms with E-state index in [-0.39, 0.29) is 11.6 Å². The molecule has 0 saturated carbocycles. The lowest BCUT2D eigenvalue weighted by Crippen LogP contribution is -2.13. The average molecular weight is 332 g/mol. The number of carbonyl (C=O) groups is 2. The fraction of sp³-hybridized carbons (Fsp3) is 0.100. The third-order valence-corrected chi connectivity index (χ3v) is 3.81. The van der Waals surface area contributed by atoms with Crippen LogP contribution in [0, 0.1) is 6.42 Å². The Balaban J connectivity index is 1.59. The number of fused-ring (bicyclic) bond motifs is 1. The van der Waals surface area contributed by atoms with Crippen LogP contribution >= 0.6 is 0 Å². The van der Waals surface area contributed by atoms with Crippen molar-refractivity contribution in [3.8, 4) is 0 Å². The third kappa shape index (κ3) is 4.41. The molecule has 0 bridgehead atoms. The fourth-order valence-corrected chi connectivity index (χ4v) is 2.55. The van der Waals surface area contributed by atoms with E-state index >= 15 is 0 Å². The minimum absolute atomic E-state index is 0.142. The maximum atomic E-state index is 12.0. The largest absolute Gasteiger partial charge is 0.364 e. The maximum Gasteiger partial charge on any atom is 0.267 e. The summed E-state index contributed by atoms with van der Waals surface area (Å²) < 4.78 is 0. The molecule has 3 rings (SSSR count). The lowest BCUT2D eigenvalue weighted by Gasteiger charge is -2.07. The first kappa shape index (κ1) is 16.6. The third-order valence-electron chi connectivity index (χ3n) is 3.81. The number of aryl methyl sites for hydroxylation is 1. The second kappa shape index (κ2) is 7.57. The lowest BCUT2D eigenvalue weighted by molar-refractivity contribution is -0.113. The van der Waals surface area contributed by atoms with E-state index in [4.69, 9.17) is 5.73 Å². The molecule has 1 heterocycles. The zero-order valence-electron chi connectivity index (χ0n) is 13.6. The number of primary amides is 1. The quantitative estimate of drug-likeness (QED) is 0.727. The van der Waals surface area contributed by atoms with Crippen molar-refractivity contribution in [3.63, 3.8) is 0 Å². The van der Waals surface area contributed by atoms with Gasteiger partial charge in [-0.1, -0.05) is 36.4 Å². The van der Waals surface area contributed by atoms with Gasteiger partial charge in [-0.25, -0.2) is 4.98 Å². The molecule has 0 atom stereocenters. The van der Waals surface area contributed by atoms with E-state index in [1.807, 2.05) is 36.4 Å². The number of rotatable bonds is 6. The molecule has 0 aliphatic rings. The Morgan fingerprint density at radius 1 is 1.04 bits per heavy atom. The van der Waals surface area contributed by atoms with E-state index < -0.39 is 5.91 Å². The summed E-state index contributed by atoms with van der Waals surface area (Å²) in [5.74, 6) is -0.704. The van der Waals surface area contributed by atoms with E-state index in [2.05, 4.69) is 10.3 Å². The maximum absolute atomic E-state index is 12.0. The van der Waals surface area contributed by atoms with Crippen LogP contribution in [0.3, 0.4) is 0 Å². The molecule has 1 radical (unpaired) electrons. The molecule has 125 valence electrons. The molecule has 0 saturated heterocycles. The molecule has 1 aromatic heterocycles. The van der Waals surface area contributed by atoms with Gasteiger partial charge in [-0.15, -0.1) is 0 Å². The molecular formula is C20H18N3O2. The van der Waals surface area contributed by atoms with Gasteiger partial charge in [0.25, 0.3) is 5.91 Å². The zero-order chi connectivity index (χ0) is 17.6. The van der Waals surface area contributed by atoms with Crippen LogP contribution in [-0.4, -0.2) is 16.8 Å². The first-order chi connectivity index (χ1) is 12.1. The van der Waals surface area contributed by atoms with Crippen LogP contribution in [0.1, 0.15) is 22.5 Å². The number of benzene rings is 2. The SMILES string of the molecule is NC(=O)c1ccc2cc(NC(=O)[CH]CCc3ccccc3)ccc2n1. The van der Waals surface area contributed by atoms with Gasteiger partial charge in [0.15, 0.2) is 0 Å². The highest BCUT2D eigenvalue weighted by molar-refractivity contribution is 5.99. The van der Waals surface area contributed by atoms with E-state index in [1.54, 1.807) is 30.7 Å². The number of aromatic nitrogens is 1. The van der Waals surface area contributed by atoms with Gasteiger partial charge in [0.1, 0.15) is 5.69 Å². The van der Waals surface area contributed by atoms with Crippen LogP contribution in [0.2, 0.25) is 0 Å². The van der Waals surface area contributed by atoms with Crippen molar-refractivity contribution in [2.45, 2.75) is 12.8 Å². The Morgan fingerprint density at radius 3 is 2.60 bits per heavy atom. The normalized spacial score (nSPS) is 10.6. The first-order valence-electron chi connectivity index (χ1n) is 8.00. The van der Waals surface area contributed by atoms with Crippen molar-refractivity contribution in [2.24, 2.45) is 5.73 Å². The average Bonchev–Trinajstić information content (AvgIpc) is 2.62. The lowest BCUT2D eigenvalue weighted by atomic mass is 10.1. The standard InChI is InChI=1S/C20H18N3O2/c21-20(25)18-11-9-15-13-16(10-12-17(15)23-18)22-19(24)8-4-7-14-5-2-1-3-6-14/h1-3,5-6,8-13H,4,7H2,(H2,21,25)(H,22,24). The fourth-order valence-electron chi connectivity index (χ4n) is 2.55. The Kier molecular flexibility index (Phi) is 5.04. The molecule has 0 fully saturated rings. The van der Waals surface area contributed by atoms with Crippen LogP contribution in [-0.2, 0) is 11.2 Å². The van der Waals surface area contributed by atoms with Gasteiger partial charge in [-0.3, -0.25) is 9.59 Å². The van der Waals surface area contributed by atoms with Crippen molar-refractivity contribution in [1.29, 1.82) is 0 Å². The van der Waals surface area contributed by atoms with Gasteiger partial charge in [0.05, 0.1) is 11.9 Å². The Hall–Kier alpha value is -3.21. The number of nitrogens with one attached hydrogen (secondary N) is 1. The minimum Gasteiger partial charge on any atom is -0.364 e. The molecule has 0 aliphatic carbocycles.